The van der Waals surface area contributed by atoms with Crippen LogP contribution in [0.15, 0.2) is 48.1 Å². The number of ether oxygens (including phenoxy) is 4. The molecule has 1 spiro atoms. The number of hydrogen-bond donors (Lipinski definition) is 0. The topological polar surface area (TPSA) is 88.1 Å². The fourth-order valence-electron chi connectivity index (χ4n) is 5.03. The molecule has 0 aromatic heterocycles. The third-order valence-electron chi connectivity index (χ3n) is 6.09. The molecule has 1 fully saturated rings. The van der Waals surface area contributed by atoms with Crippen LogP contribution in [-0.2, 0) is 45.4 Å². The number of esters is 3. The summed E-state index contributed by atoms with van der Waals surface area (Å²) in [6, 6.07) is 7.59. The second-order valence-corrected chi connectivity index (χ2v) is 7.38. The zero-order valence-electron chi connectivity index (χ0n) is 16.4. The molecule has 1 aromatic carbocycles. The van der Waals surface area contributed by atoms with Crippen molar-refractivity contribution in [1.82, 2.24) is 0 Å². The molecule has 1 aliphatic carbocycles. The van der Waals surface area contributed by atoms with Gasteiger partial charge in [-0.25, -0.2) is 14.4 Å². The Kier molecular flexibility index (Phi) is 4.58. The summed E-state index contributed by atoms with van der Waals surface area (Å²) in [6.07, 6.45) is 3.13. The van der Waals surface area contributed by atoms with Crippen molar-refractivity contribution >= 4 is 17.9 Å². The molecule has 1 saturated heterocycles. The van der Waals surface area contributed by atoms with E-state index >= 15 is 0 Å². The summed E-state index contributed by atoms with van der Waals surface area (Å²) >= 11 is 0. The Balaban J connectivity index is 2.01. The average molecular weight is 398 g/mol. The maximum Gasteiger partial charge on any atom is 0.343 e. The van der Waals surface area contributed by atoms with Crippen LogP contribution in [0.4, 0.5) is 0 Å². The first kappa shape index (κ1) is 19.4. The number of rotatable bonds is 5. The third kappa shape index (κ3) is 2.43. The molecule has 4 rings (SSSR count). The van der Waals surface area contributed by atoms with Gasteiger partial charge in [0.1, 0.15) is 12.2 Å². The lowest BCUT2D eigenvalue weighted by molar-refractivity contribution is -0.170. The predicted octanol–water partition coefficient (Wildman–Crippen LogP) is 1.99. The highest BCUT2D eigenvalue weighted by Crippen LogP contribution is 2.65. The summed E-state index contributed by atoms with van der Waals surface area (Å²) in [5.74, 6) is -2.44. The first-order valence-electron chi connectivity index (χ1n) is 9.44. The molecule has 152 valence electrons. The highest BCUT2D eigenvalue weighted by molar-refractivity contribution is 6.10. The largest absolute Gasteiger partial charge is 0.466 e. The molecule has 7 nitrogen and oxygen atoms in total. The number of benzene rings is 1. The van der Waals surface area contributed by atoms with Gasteiger partial charge in [0, 0.05) is 5.92 Å². The van der Waals surface area contributed by atoms with Crippen LogP contribution in [0.5, 0.6) is 0 Å². The minimum Gasteiger partial charge on any atom is -0.466 e. The second-order valence-electron chi connectivity index (χ2n) is 7.38. The van der Waals surface area contributed by atoms with Crippen LogP contribution in [0.2, 0.25) is 0 Å². The van der Waals surface area contributed by atoms with Gasteiger partial charge in [0.2, 0.25) is 0 Å². The Morgan fingerprint density at radius 1 is 1.17 bits per heavy atom. The Morgan fingerprint density at radius 3 is 2.55 bits per heavy atom. The van der Waals surface area contributed by atoms with Crippen molar-refractivity contribution in [2.45, 2.75) is 30.5 Å². The van der Waals surface area contributed by atoms with Crippen molar-refractivity contribution in [3.05, 3.63) is 59.2 Å². The van der Waals surface area contributed by atoms with Crippen molar-refractivity contribution < 1.29 is 33.3 Å². The van der Waals surface area contributed by atoms with Gasteiger partial charge in [0.25, 0.3) is 0 Å². The van der Waals surface area contributed by atoms with E-state index in [-0.39, 0.29) is 30.1 Å². The van der Waals surface area contributed by atoms with Crippen molar-refractivity contribution in [3.8, 4) is 0 Å². The molecule has 1 aromatic rings. The fraction of sp³-hybridized carbons (Fsp3) is 0.409. The highest BCUT2D eigenvalue weighted by atomic mass is 16.6. The number of methoxy groups -OCH3 is 2. The smallest absolute Gasteiger partial charge is 0.343 e. The Labute approximate surface area is 168 Å². The van der Waals surface area contributed by atoms with E-state index in [2.05, 4.69) is 6.58 Å². The first-order valence-corrected chi connectivity index (χ1v) is 9.44. The monoisotopic (exact) mass is 398 g/mol. The zero-order chi connectivity index (χ0) is 20.8. The van der Waals surface area contributed by atoms with E-state index in [0.29, 0.717) is 6.42 Å². The van der Waals surface area contributed by atoms with Gasteiger partial charge in [-0.2, -0.15) is 0 Å². The third-order valence-corrected chi connectivity index (χ3v) is 6.09. The van der Waals surface area contributed by atoms with E-state index < -0.39 is 29.1 Å². The Morgan fingerprint density at radius 2 is 1.86 bits per heavy atom. The van der Waals surface area contributed by atoms with E-state index in [1.807, 2.05) is 24.3 Å². The number of hydrogen-bond acceptors (Lipinski definition) is 7. The molecule has 2 heterocycles. The molecule has 0 amide bonds. The van der Waals surface area contributed by atoms with E-state index in [1.165, 1.54) is 20.3 Å². The van der Waals surface area contributed by atoms with Crippen LogP contribution in [0.3, 0.4) is 0 Å². The van der Waals surface area contributed by atoms with E-state index in [9.17, 15) is 14.4 Å². The van der Waals surface area contributed by atoms with E-state index in [4.69, 9.17) is 18.9 Å². The highest BCUT2D eigenvalue weighted by Gasteiger charge is 2.74. The van der Waals surface area contributed by atoms with Crippen LogP contribution in [0.1, 0.15) is 24.0 Å². The molecule has 7 heteroatoms. The van der Waals surface area contributed by atoms with Gasteiger partial charge in [0.15, 0.2) is 5.60 Å². The molecule has 0 radical (unpaired) electrons. The normalized spacial score (nSPS) is 29.0. The molecule has 3 atom stereocenters. The van der Waals surface area contributed by atoms with Crippen LogP contribution in [0, 0.1) is 5.92 Å². The van der Waals surface area contributed by atoms with Gasteiger partial charge in [-0.1, -0.05) is 36.9 Å². The number of fused-ring (bicyclic) bond motifs is 2. The van der Waals surface area contributed by atoms with E-state index in [0.717, 1.165) is 17.5 Å². The molecule has 0 saturated carbocycles. The molecular weight excluding hydrogens is 376 g/mol. The molecular formula is C22H22O7. The number of carbonyl (C=O) groups excluding carboxylic acids is 3. The Hall–Kier alpha value is -2.93. The van der Waals surface area contributed by atoms with Crippen molar-refractivity contribution in [2.75, 3.05) is 20.8 Å². The maximum absolute atomic E-state index is 13.1. The summed E-state index contributed by atoms with van der Waals surface area (Å²) in [5.41, 5.74) is -1.29. The molecule has 3 aliphatic rings. The van der Waals surface area contributed by atoms with Crippen LogP contribution < -0.4 is 0 Å². The lowest BCUT2D eigenvalue weighted by atomic mass is 9.62. The van der Waals surface area contributed by atoms with Crippen LogP contribution in [-0.4, -0.2) is 44.3 Å². The van der Waals surface area contributed by atoms with E-state index in [1.54, 1.807) is 0 Å². The van der Waals surface area contributed by atoms with Crippen molar-refractivity contribution in [1.29, 1.82) is 0 Å². The van der Waals surface area contributed by atoms with Gasteiger partial charge >= 0.3 is 17.9 Å². The minimum absolute atomic E-state index is 0.0332. The molecule has 2 aliphatic heterocycles. The minimum atomic E-state index is -1.72. The van der Waals surface area contributed by atoms with Gasteiger partial charge in [-0.15, -0.1) is 0 Å². The van der Waals surface area contributed by atoms with Crippen LogP contribution in [0.25, 0.3) is 0 Å². The molecule has 0 N–H and O–H groups in total. The summed E-state index contributed by atoms with van der Waals surface area (Å²) in [5, 5.41) is 0. The summed E-state index contributed by atoms with van der Waals surface area (Å²) in [6.45, 7) is 3.51. The van der Waals surface area contributed by atoms with Gasteiger partial charge < -0.3 is 18.9 Å². The van der Waals surface area contributed by atoms with Crippen molar-refractivity contribution in [2.24, 2.45) is 5.92 Å². The standard InChI is InChI=1S/C22H22O7/c1-4-11-28-20(25)21-12-14-10-9-13-7-5-6-8-15(13)22(14,29-21)17(19(24)27-3)16(21)18(23)26-2/h4-8,14H,1,9-12H2,2-3H3. The number of carbonyl (C=O) groups is 3. The second kappa shape index (κ2) is 6.84. The average Bonchev–Trinajstić information content (AvgIpc) is 3.26. The summed E-state index contributed by atoms with van der Waals surface area (Å²) < 4.78 is 21.7. The Bertz CT molecular complexity index is 946. The summed E-state index contributed by atoms with van der Waals surface area (Å²) in [7, 11) is 2.43. The van der Waals surface area contributed by atoms with Crippen molar-refractivity contribution in [3.63, 3.8) is 0 Å². The fourth-order valence-corrected chi connectivity index (χ4v) is 5.03. The lowest BCUT2D eigenvalue weighted by Gasteiger charge is -2.39. The predicted molar refractivity (Wildman–Crippen MR) is 101 cm³/mol. The lowest BCUT2D eigenvalue weighted by Crippen LogP contribution is -2.45. The molecule has 29 heavy (non-hydrogen) atoms. The SMILES string of the molecule is C=CCOC(=O)C12CC3CCc4ccccc4C3(O1)C(C(=O)OC)=C2C(=O)OC. The molecule has 2 bridgehead atoms. The summed E-state index contributed by atoms with van der Waals surface area (Å²) in [4.78, 5) is 38.9. The molecule has 3 unspecified atom stereocenters. The van der Waals surface area contributed by atoms with Crippen LogP contribution >= 0.6 is 0 Å². The maximum atomic E-state index is 13.1. The quantitative estimate of drug-likeness (QED) is 0.426. The zero-order valence-corrected chi connectivity index (χ0v) is 16.4. The van der Waals surface area contributed by atoms with Gasteiger partial charge in [0.05, 0.1) is 25.4 Å². The van der Waals surface area contributed by atoms with Gasteiger partial charge in [-0.3, -0.25) is 0 Å². The number of aryl methyl sites for hydroxylation is 1. The first-order chi connectivity index (χ1) is 14.0. The van der Waals surface area contributed by atoms with Gasteiger partial charge in [-0.05, 0) is 30.4 Å².